The van der Waals surface area contributed by atoms with Crippen LogP contribution in [-0.2, 0) is 31.0 Å². The van der Waals surface area contributed by atoms with Gasteiger partial charge in [-0.25, -0.2) is 18.4 Å². The second-order valence-corrected chi connectivity index (χ2v) is 13.0. The monoisotopic (exact) mass is 633 g/mol. The Morgan fingerprint density at radius 2 is 1.79 bits per heavy atom. The summed E-state index contributed by atoms with van der Waals surface area (Å²) in [5.74, 6) is -4.33. The number of phenols is 1. The lowest BCUT2D eigenvalue weighted by Crippen LogP contribution is -2.41. The average molecular weight is 634 g/mol. The van der Waals surface area contributed by atoms with E-state index in [2.05, 4.69) is 5.32 Å². The number of carbonyl (C=O) groups is 4. The lowest BCUT2D eigenvalue weighted by atomic mass is 9.83. The van der Waals surface area contributed by atoms with Crippen molar-refractivity contribution in [1.82, 2.24) is 9.47 Å². The normalized spacial score (nSPS) is 19.8. The van der Waals surface area contributed by atoms with Gasteiger partial charge in [0, 0.05) is 16.5 Å². The first kappa shape index (κ1) is 29.3. The molecule has 1 saturated heterocycles. The lowest BCUT2D eigenvalue weighted by molar-refractivity contribution is -0.135. The van der Waals surface area contributed by atoms with Gasteiger partial charge in [-0.05, 0) is 48.9 Å². The number of nitrogens with one attached hydrogen (secondary N) is 1. The third kappa shape index (κ3) is 5.15. The number of likely N-dealkylation sites (tertiary alicyclic amines) is 1. The van der Waals surface area contributed by atoms with Gasteiger partial charge in [0.2, 0.25) is 21.8 Å². The van der Waals surface area contributed by atoms with E-state index in [-0.39, 0.29) is 33.7 Å². The Labute approximate surface area is 246 Å². The number of primary sulfonamides is 1. The Morgan fingerprint density at radius 3 is 2.40 bits per heavy atom. The van der Waals surface area contributed by atoms with E-state index in [1.165, 1.54) is 42.5 Å². The number of carbonyl (C=O) groups excluding carboxylic acids is 4. The maximum Gasteiger partial charge on any atom is 0.328 e. The Hall–Kier alpha value is -4.19. The number of primary amides is 1. The van der Waals surface area contributed by atoms with Gasteiger partial charge in [0.05, 0.1) is 22.4 Å². The number of benzene rings is 2. The first-order chi connectivity index (χ1) is 19.8. The zero-order valence-corrected chi connectivity index (χ0v) is 24.1. The Balaban J connectivity index is 1.54. The van der Waals surface area contributed by atoms with Crippen LogP contribution in [0.3, 0.4) is 0 Å². The summed E-state index contributed by atoms with van der Waals surface area (Å²) in [6.07, 6.45) is 0. The lowest BCUT2D eigenvalue weighted by Gasteiger charge is -2.31. The van der Waals surface area contributed by atoms with Crippen LogP contribution in [0.4, 0.5) is 10.5 Å². The van der Waals surface area contributed by atoms with Crippen LogP contribution < -0.4 is 25.8 Å². The van der Waals surface area contributed by atoms with Crippen molar-refractivity contribution in [1.29, 1.82) is 0 Å². The molecule has 0 saturated carbocycles. The quantitative estimate of drug-likeness (QED) is 0.270. The van der Waals surface area contributed by atoms with Gasteiger partial charge in [-0.1, -0.05) is 29.2 Å². The molecule has 3 atom stereocenters. The fourth-order valence-electron chi connectivity index (χ4n) is 4.90. The molecule has 2 aliphatic rings. The van der Waals surface area contributed by atoms with E-state index in [9.17, 15) is 37.5 Å². The Bertz CT molecular complexity index is 1800. The number of thioether (sulfide) groups is 1. The molecule has 5 amide bonds. The number of imide groups is 3. The minimum absolute atomic E-state index is 0.120. The van der Waals surface area contributed by atoms with Crippen LogP contribution in [0.2, 0.25) is 0 Å². The van der Waals surface area contributed by atoms with Crippen LogP contribution in [0, 0.1) is 5.92 Å². The number of aromatic hydroxyl groups is 1. The van der Waals surface area contributed by atoms with Crippen molar-refractivity contribution >= 4 is 62.6 Å². The van der Waals surface area contributed by atoms with E-state index in [4.69, 9.17) is 15.6 Å². The predicted molar refractivity (Wildman–Crippen MR) is 151 cm³/mol. The molecule has 220 valence electrons. The maximum atomic E-state index is 13.3. The number of hydrogen-bond donors (Lipinski definition) is 4. The van der Waals surface area contributed by atoms with Gasteiger partial charge in [0.15, 0.2) is 11.5 Å². The number of hydrogen-bond acceptors (Lipinski definition) is 11. The third-order valence-electron chi connectivity index (χ3n) is 6.68. The number of nitrogens with zero attached hydrogens (tertiary/aromatic N) is 2. The molecule has 42 heavy (non-hydrogen) atoms. The maximum absolute atomic E-state index is 13.3. The zero-order chi connectivity index (χ0) is 30.5. The number of aromatic nitrogens is 1. The van der Waals surface area contributed by atoms with Crippen LogP contribution in [0.5, 0.6) is 11.5 Å². The fourth-order valence-corrected chi connectivity index (χ4v) is 8.19. The number of phenolic OH excluding ortho intramolecular Hbond substituents is 1. The zero-order valence-electron chi connectivity index (χ0n) is 21.7. The largest absolute Gasteiger partial charge is 0.504 e. The smallest absolute Gasteiger partial charge is 0.328 e. The van der Waals surface area contributed by atoms with Gasteiger partial charge in [-0.3, -0.25) is 23.7 Å². The first-order valence-electron chi connectivity index (χ1n) is 12.3. The van der Waals surface area contributed by atoms with E-state index in [1.54, 1.807) is 6.92 Å². The van der Waals surface area contributed by atoms with Gasteiger partial charge >= 0.3 is 10.9 Å². The molecule has 14 nitrogen and oxygen atoms in total. The van der Waals surface area contributed by atoms with E-state index >= 15 is 0 Å². The number of rotatable bonds is 7. The van der Waals surface area contributed by atoms with Gasteiger partial charge in [-0.15, -0.1) is 0 Å². The van der Waals surface area contributed by atoms with Crippen molar-refractivity contribution in [2.24, 2.45) is 16.8 Å². The van der Waals surface area contributed by atoms with Crippen molar-refractivity contribution in [2.45, 2.75) is 34.6 Å². The molecular formula is C25H23N5O9S3. The van der Waals surface area contributed by atoms with Crippen LogP contribution in [0.25, 0.3) is 0 Å². The molecule has 0 spiro atoms. The molecule has 0 radical (unpaired) electrons. The van der Waals surface area contributed by atoms with Gasteiger partial charge < -0.3 is 20.9 Å². The topological polar surface area (TPSA) is 221 Å². The molecule has 1 fully saturated rings. The number of sulfonamides is 1. The summed E-state index contributed by atoms with van der Waals surface area (Å²) in [7, 11) is -3.93. The highest BCUT2D eigenvalue weighted by atomic mass is 32.2. The summed E-state index contributed by atoms with van der Waals surface area (Å²) >= 11 is 1.67. The summed E-state index contributed by atoms with van der Waals surface area (Å²) < 4.78 is 29.6. The molecule has 17 heteroatoms. The number of anilines is 1. The van der Waals surface area contributed by atoms with Crippen LogP contribution in [0.1, 0.15) is 23.3 Å². The number of fused-ring (bicyclic) bond motifs is 2. The molecule has 0 bridgehead atoms. The highest BCUT2D eigenvalue weighted by Crippen LogP contribution is 2.53. The summed E-state index contributed by atoms with van der Waals surface area (Å²) in [5, 5.41) is 17.0. The summed E-state index contributed by atoms with van der Waals surface area (Å²) in [5.41, 5.74) is 6.03. The summed E-state index contributed by atoms with van der Waals surface area (Å²) in [6.45, 7) is 1.47. The number of amides is 5. The second kappa shape index (κ2) is 10.9. The Kier molecular flexibility index (Phi) is 7.61. The van der Waals surface area contributed by atoms with Crippen LogP contribution >= 0.6 is 23.1 Å². The van der Waals surface area contributed by atoms with Crippen molar-refractivity contribution < 1.29 is 37.4 Å². The van der Waals surface area contributed by atoms with E-state index in [0.29, 0.717) is 15.3 Å². The first-order valence-corrected chi connectivity index (χ1v) is 15.5. The predicted octanol–water partition coefficient (Wildman–Crippen LogP) is 0.970. The number of urea groups is 1. The van der Waals surface area contributed by atoms with Crippen molar-refractivity contribution in [3.05, 3.63) is 62.6 Å². The fraction of sp³-hybridized carbons (Fsp3) is 0.240. The van der Waals surface area contributed by atoms with Crippen LogP contribution in [0.15, 0.2) is 57.2 Å². The molecule has 2 aromatic carbocycles. The molecule has 0 aliphatic carbocycles. The number of thiazole rings is 1. The third-order valence-corrected chi connectivity index (χ3v) is 10.2. The molecule has 0 unspecified atom stereocenters. The van der Waals surface area contributed by atoms with Crippen molar-refractivity contribution in [3.8, 4) is 11.5 Å². The summed E-state index contributed by atoms with van der Waals surface area (Å²) in [4.78, 5) is 64.8. The molecule has 1 aromatic heterocycles. The van der Waals surface area contributed by atoms with Gasteiger partial charge in [-0.2, -0.15) is 4.90 Å². The minimum atomic E-state index is -3.93. The van der Waals surface area contributed by atoms with Crippen molar-refractivity contribution in [2.75, 3.05) is 11.9 Å². The highest BCUT2D eigenvalue weighted by Gasteiger charge is 2.58. The molecule has 3 heterocycles. The molecule has 3 aromatic rings. The number of nitrogens with two attached hydrogens (primary N) is 2. The second-order valence-electron chi connectivity index (χ2n) is 9.29. The molecular weight excluding hydrogens is 611 g/mol. The van der Waals surface area contributed by atoms with Gasteiger partial charge in [0.1, 0.15) is 11.8 Å². The standard InChI is InChI=1S/C25H23N5O9S3/c1-2-39-15-9-11(3-8-14(15)31)17-18-19(22(34)30(21(18)33)24(26)35)40-23-20(17)41-25(36)29(23)10-16(32)28-12-4-6-13(7-5-12)42(27,37)38/h3-9,17-19,31H,2,10H2,1H3,(H2,26,35)(H,28,32)(H2,27,37,38)/t17-,18+,19-/m0/s1. The molecule has 6 N–H and O–H groups in total. The highest BCUT2D eigenvalue weighted by molar-refractivity contribution is 8.00. The SMILES string of the molecule is CCOc1cc([C@@H]2c3sc(=O)n(CC(=O)Nc4ccc(S(N)(=O)=O)cc4)c3S[C@@H]3C(=O)N(C(N)=O)C(=O)[C@H]23)ccc1O. The van der Waals surface area contributed by atoms with E-state index < -0.39 is 62.3 Å². The van der Waals surface area contributed by atoms with E-state index in [0.717, 1.165) is 27.7 Å². The average Bonchev–Trinajstić information content (AvgIpc) is 3.36. The molecule has 5 rings (SSSR count). The number of ether oxygens (including phenoxy) is 1. The summed E-state index contributed by atoms with van der Waals surface area (Å²) in [6, 6.07) is 8.25. The van der Waals surface area contributed by atoms with Gasteiger partial charge in [0.25, 0.3) is 5.91 Å². The Morgan fingerprint density at radius 1 is 1.10 bits per heavy atom. The van der Waals surface area contributed by atoms with Crippen LogP contribution in [-0.4, -0.2) is 58.6 Å². The molecule has 2 aliphatic heterocycles. The van der Waals surface area contributed by atoms with E-state index in [1.807, 2.05) is 0 Å². The minimum Gasteiger partial charge on any atom is -0.504 e. The van der Waals surface area contributed by atoms with Crippen molar-refractivity contribution in [3.63, 3.8) is 0 Å².